The van der Waals surface area contributed by atoms with Gasteiger partial charge in [0.25, 0.3) is 0 Å². The van der Waals surface area contributed by atoms with Gasteiger partial charge in [-0.1, -0.05) is 19.0 Å². The number of hydrogen-bond acceptors (Lipinski definition) is 6. The Morgan fingerprint density at radius 3 is 2.79 bits per heavy atom. The van der Waals surface area contributed by atoms with Crippen molar-refractivity contribution < 1.29 is 14.0 Å². The van der Waals surface area contributed by atoms with E-state index in [0.29, 0.717) is 11.8 Å². The normalized spacial score (nSPS) is 23.1. The van der Waals surface area contributed by atoms with Crippen LogP contribution >= 0.6 is 24.0 Å². The van der Waals surface area contributed by atoms with Gasteiger partial charge in [0.1, 0.15) is 6.10 Å². The molecule has 2 unspecified atom stereocenters. The summed E-state index contributed by atoms with van der Waals surface area (Å²) in [5, 5.41) is 7.42. The van der Waals surface area contributed by atoms with E-state index in [1.165, 1.54) is 0 Å². The average Bonchev–Trinajstić information content (AvgIpc) is 3.36. The van der Waals surface area contributed by atoms with Crippen molar-refractivity contribution in [3.05, 3.63) is 11.7 Å². The third-order valence-electron chi connectivity index (χ3n) is 4.92. The lowest BCUT2D eigenvalue weighted by atomic mass is 10.1. The van der Waals surface area contributed by atoms with Crippen molar-refractivity contribution in [2.24, 2.45) is 4.99 Å². The lowest BCUT2D eigenvalue weighted by Gasteiger charge is -2.37. The van der Waals surface area contributed by atoms with E-state index in [2.05, 4.69) is 41.1 Å². The summed E-state index contributed by atoms with van der Waals surface area (Å²) < 4.78 is 17.1. The van der Waals surface area contributed by atoms with Crippen LogP contribution in [0.15, 0.2) is 9.52 Å². The fraction of sp³-hybridized carbons (Fsp3) is 0.842. The first-order valence-corrected chi connectivity index (χ1v) is 10.3. The van der Waals surface area contributed by atoms with Crippen LogP contribution in [0.3, 0.4) is 0 Å². The third-order valence-corrected chi connectivity index (χ3v) is 4.92. The maximum atomic E-state index is 5.95. The van der Waals surface area contributed by atoms with E-state index < -0.39 is 0 Å². The quantitative estimate of drug-likeness (QED) is 0.263. The van der Waals surface area contributed by atoms with E-state index in [1.807, 2.05) is 0 Å². The zero-order valence-corrected chi connectivity index (χ0v) is 19.6. The molecule has 3 heterocycles. The van der Waals surface area contributed by atoms with Crippen LogP contribution in [0.25, 0.3) is 0 Å². The first-order valence-electron chi connectivity index (χ1n) is 10.3. The van der Waals surface area contributed by atoms with Crippen LogP contribution in [0.5, 0.6) is 0 Å². The molecule has 28 heavy (non-hydrogen) atoms. The number of aryl methyl sites for hydroxylation is 1. The number of rotatable bonds is 7. The topological polar surface area (TPSA) is 85.0 Å². The highest BCUT2D eigenvalue weighted by atomic mass is 127. The molecular formula is C19H34IN5O3. The van der Waals surface area contributed by atoms with Gasteiger partial charge in [-0.2, -0.15) is 4.98 Å². The molecule has 2 aliphatic heterocycles. The number of hydrogen-bond donors (Lipinski definition) is 1. The minimum Gasteiger partial charge on any atom is -0.375 e. The van der Waals surface area contributed by atoms with E-state index >= 15 is 0 Å². The average molecular weight is 507 g/mol. The molecule has 3 rings (SSSR count). The standard InChI is InChI=1S/C19H33N5O3.HI/c1-4-20-19(21-9-5-8-17-22-18(14(2)3)23-27-17)24-10-12-26-16(13-24)15-7-6-11-25-15;/h14-16H,4-13H2,1-3H3,(H,20,21);1H. The van der Waals surface area contributed by atoms with Crippen LogP contribution in [-0.4, -0.2) is 72.6 Å². The third kappa shape index (κ3) is 6.55. The molecule has 0 aliphatic carbocycles. The van der Waals surface area contributed by atoms with E-state index in [1.54, 1.807) is 0 Å². The minimum absolute atomic E-state index is 0. The van der Waals surface area contributed by atoms with Crippen molar-refractivity contribution in [1.29, 1.82) is 0 Å². The molecule has 2 fully saturated rings. The number of nitrogens with zero attached hydrogens (tertiary/aromatic N) is 4. The Balaban J connectivity index is 0.00000280. The number of halogens is 1. The van der Waals surface area contributed by atoms with Gasteiger partial charge < -0.3 is 24.2 Å². The molecule has 2 saturated heterocycles. The lowest BCUT2D eigenvalue weighted by Crippen LogP contribution is -2.53. The Morgan fingerprint density at radius 1 is 1.29 bits per heavy atom. The van der Waals surface area contributed by atoms with Crippen molar-refractivity contribution in [1.82, 2.24) is 20.4 Å². The zero-order chi connectivity index (χ0) is 19.1. The van der Waals surface area contributed by atoms with Gasteiger partial charge in [0.15, 0.2) is 11.8 Å². The Morgan fingerprint density at radius 2 is 2.11 bits per heavy atom. The second-order valence-electron chi connectivity index (χ2n) is 7.45. The van der Waals surface area contributed by atoms with Gasteiger partial charge in [0.2, 0.25) is 5.89 Å². The van der Waals surface area contributed by atoms with Crippen LogP contribution in [0, 0.1) is 0 Å². The summed E-state index contributed by atoms with van der Waals surface area (Å²) >= 11 is 0. The molecule has 2 aliphatic rings. The number of aromatic nitrogens is 2. The number of aliphatic imine (C=N–C) groups is 1. The molecule has 9 heteroatoms. The first kappa shape index (κ1) is 23.3. The van der Waals surface area contributed by atoms with Crippen LogP contribution < -0.4 is 5.32 Å². The van der Waals surface area contributed by atoms with Crippen LogP contribution in [-0.2, 0) is 15.9 Å². The molecule has 0 radical (unpaired) electrons. The Labute approximate surface area is 184 Å². The van der Waals surface area contributed by atoms with Gasteiger partial charge in [-0.25, -0.2) is 0 Å². The summed E-state index contributed by atoms with van der Waals surface area (Å²) in [7, 11) is 0. The molecule has 8 nitrogen and oxygen atoms in total. The van der Waals surface area contributed by atoms with Crippen molar-refractivity contribution >= 4 is 29.9 Å². The largest absolute Gasteiger partial charge is 0.375 e. The van der Waals surface area contributed by atoms with Gasteiger partial charge in [0, 0.05) is 45.1 Å². The van der Waals surface area contributed by atoms with Crippen LogP contribution in [0.4, 0.5) is 0 Å². The van der Waals surface area contributed by atoms with Gasteiger partial charge in [-0.3, -0.25) is 4.99 Å². The monoisotopic (exact) mass is 507 g/mol. The molecule has 0 amide bonds. The molecule has 1 N–H and O–H groups in total. The highest BCUT2D eigenvalue weighted by molar-refractivity contribution is 14.0. The fourth-order valence-corrected chi connectivity index (χ4v) is 3.43. The van der Waals surface area contributed by atoms with Crippen molar-refractivity contribution in [3.8, 4) is 0 Å². The highest BCUT2D eigenvalue weighted by Gasteiger charge is 2.32. The van der Waals surface area contributed by atoms with Crippen molar-refractivity contribution in [2.75, 3.05) is 39.4 Å². The molecule has 160 valence electrons. The zero-order valence-electron chi connectivity index (χ0n) is 17.2. The number of nitrogens with one attached hydrogen (secondary N) is 1. The Kier molecular flexibility index (Phi) is 9.93. The molecule has 1 aromatic rings. The van der Waals surface area contributed by atoms with E-state index in [9.17, 15) is 0 Å². The predicted molar refractivity (Wildman–Crippen MR) is 118 cm³/mol. The number of morpholine rings is 1. The van der Waals surface area contributed by atoms with Crippen LogP contribution in [0.2, 0.25) is 0 Å². The molecule has 0 saturated carbocycles. The minimum atomic E-state index is 0. The maximum Gasteiger partial charge on any atom is 0.226 e. The summed E-state index contributed by atoms with van der Waals surface area (Å²) in [6, 6.07) is 0. The van der Waals surface area contributed by atoms with Gasteiger partial charge in [-0.15, -0.1) is 24.0 Å². The molecule has 0 spiro atoms. The first-order chi connectivity index (χ1) is 13.2. The van der Waals surface area contributed by atoms with Crippen molar-refractivity contribution in [2.45, 2.75) is 64.6 Å². The number of ether oxygens (including phenoxy) is 2. The molecule has 2 atom stereocenters. The fourth-order valence-electron chi connectivity index (χ4n) is 3.43. The number of guanidine groups is 1. The Hall–Kier alpha value is -0.940. The summed E-state index contributed by atoms with van der Waals surface area (Å²) in [6.07, 6.45) is 4.22. The predicted octanol–water partition coefficient (Wildman–Crippen LogP) is 2.59. The van der Waals surface area contributed by atoms with Crippen LogP contribution in [0.1, 0.15) is 57.7 Å². The van der Waals surface area contributed by atoms with Crippen molar-refractivity contribution in [3.63, 3.8) is 0 Å². The SMILES string of the molecule is CCNC(=NCCCc1nc(C(C)C)no1)N1CCOC(C2CCCO2)C1.I. The molecule has 0 bridgehead atoms. The second kappa shape index (κ2) is 11.9. The smallest absolute Gasteiger partial charge is 0.226 e. The summed E-state index contributed by atoms with van der Waals surface area (Å²) in [5.74, 6) is 2.72. The van der Waals surface area contributed by atoms with Gasteiger partial charge >= 0.3 is 0 Å². The molecule has 1 aromatic heterocycles. The summed E-state index contributed by atoms with van der Waals surface area (Å²) in [5.41, 5.74) is 0. The second-order valence-corrected chi connectivity index (χ2v) is 7.45. The summed E-state index contributed by atoms with van der Waals surface area (Å²) in [4.78, 5) is 11.5. The highest BCUT2D eigenvalue weighted by Crippen LogP contribution is 2.21. The van der Waals surface area contributed by atoms with E-state index in [4.69, 9.17) is 19.0 Å². The van der Waals surface area contributed by atoms with E-state index in [-0.39, 0.29) is 36.2 Å². The maximum absolute atomic E-state index is 5.95. The van der Waals surface area contributed by atoms with Gasteiger partial charge in [0.05, 0.1) is 12.7 Å². The molecule has 0 aromatic carbocycles. The van der Waals surface area contributed by atoms with Gasteiger partial charge in [-0.05, 0) is 26.2 Å². The lowest BCUT2D eigenvalue weighted by molar-refractivity contribution is -0.0817. The van der Waals surface area contributed by atoms with E-state index in [0.717, 1.165) is 76.9 Å². The Bertz CT molecular complexity index is 604. The summed E-state index contributed by atoms with van der Waals surface area (Å²) in [6.45, 7) is 11.1. The molecular weight excluding hydrogens is 473 g/mol.